The highest BCUT2D eigenvalue weighted by atomic mass is 32.2. The Kier molecular flexibility index (Phi) is 21.1. The van der Waals surface area contributed by atoms with Crippen LogP contribution in [-0.4, -0.2) is 147 Å². The Labute approximate surface area is 631 Å². The number of aromatic nitrogens is 12. The number of amides is 3. The number of aryl methyl sites for hydroxylation is 3. The van der Waals surface area contributed by atoms with Gasteiger partial charge in [0.15, 0.2) is 32.9 Å². The zero-order valence-corrected chi connectivity index (χ0v) is 60.3. The van der Waals surface area contributed by atoms with Crippen LogP contribution in [0, 0.1) is 32.6 Å². The largest absolute Gasteiger partial charge is 0.417 e. The molecule has 4 saturated heterocycles. The number of hydrogen-bond acceptors (Lipinski definition) is 22. The minimum Gasteiger partial charge on any atom is -0.386 e. The number of hydrogen-bond donors (Lipinski definition) is 9. The van der Waals surface area contributed by atoms with Crippen molar-refractivity contribution in [2.24, 2.45) is 11.8 Å². The maximum absolute atomic E-state index is 14.9. The summed E-state index contributed by atoms with van der Waals surface area (Å²) in [5, 5.41) is 47.9. The van der Waals surface area contributed by atoms with Gasteiger partial charge < -0.3 is 51.3 Å². The maximum Gasteiger partial charge on any atom is 0.417 e. The summed E-state index contributed by atoms with van der Waals surface area (Å²) in [6.07, 6.45) is -4.04. The van der Waals surface area contributed by atoms with Crippen LogP contribution in [0.2, 0.25) is 0 Å². The summed E-state index contributed by atoms with van der Waals surface area (Å²) in [5.74, 6) is 4.63. The van der Waals surface area contributed by atoms with E-state index in [4.69, 9.17) is 9.97 Å². The van der Waals surface area contributed by atoms with Crippen LogP contribution in [0.25, 0.3) is 0 Å². The van der Waals surface area contributed by atoms with Crippen molar-refractivity contribution in [1.29, 1.82) is 0 Å². The lowest BCUT2D eigenvalue weighted by Gasteiger charge is -2.47. The first-order chi connectivity index (χ1) is 51.2. The van der Waals surface area contributed by atoms with Gasteiger partial charge in [-0.3, -0.25) is 29.7 Å². The first-order valence-electron chi connectivity index (χ1n) is 34.4. The molecule has 2 saturated carbocycles. The van der Waals surface area contributed by atoms with Gasteiger partial charge in [-0.2, -0.15) is 41.6 Å². The van der Waals surface area contributed by atoms with Crippen LogP contribution in [0.4, 0.5) is 100 Å². The summed E-state index contributed by atoms with van der Waals surface area (Å²) in [7, 11) is 0. The Bertz CT molecular complexity index is 4890. The zero-order chi connectivity index (χ0) is 74.8. The molecule has 16 rings (SSSR count). The fourth-order valence-corrected chi connectivity index (χ4v) is 14.7. The number of rotatable bonds is 22. The zero-order valence-electron chi connectivity index (χ0n) is 57.8. The standard InChI is InChI=1S/C25H22F3N7OS.C24H27N7O2S.C23H23F4N7OS.7H2/c1-15-13-21(34-33-15)30-20-14-22(35-11-4-12-35)32-24(31-20)37-17-9-7-16(8-10-17)29-23(36)18-5-2-3-6-19(18)25(26,27)28;1-15-11-20(29-28-15)25-19-12-21(30-13-24(33,14-30)16-4-5-16)27-23(26-19)34-18-8-6-17(7-9-18)31-10-2-3-22(31)32;1-13-8-18(33-32-13)29-17-9-19(34-11-22(24,12-34)14-2-3-14)31-21(30-17)36-16-6-4-15(5-7-16)28-20(35)10-23(25,26)27;;;;;;;/h2-3,5-10,13-14H,4,11-12H2,1H3,(H,29,36)(H2,30,31,32,33,34);6-9,11-12,16,33H,2-5,10,13-14H2,1H3,(H2,25,26,27,28,29);4-9,14H,2-3,10-12H2,1H3,(H,28,35)(H2,29,30,31,32,33);7*1H. The van der Waals surface area contributed by atoms with E-state index in [1.54, 1.807) is 42.5 Å². The van der Waals surface area contributed by atoms with E-state index < -0.39 is 53.0 Å². The number of carbonyl (C=O) groups excluding carboxylic acids is 3. The Morgan fingerprint density at radius 2 is 0.981 bits per heavy atom. The van der Waals surface area contributed by atoms with Crippen molar-refractivity contribution < 1.29 is 60.2 Å². The summed E-state index contributed by atoms with van der Waals surface area (Å²) in [6.45, 7) is 10.1. The number of H-pyrrole nitrogens is 3. The van der Waals surface area contributed by atoms with Gasteiger partial charge in [0, 0.05) is 121 Å². The molecule has 0 radical (unpaired) electrons. The second-order valence-corrected chi connectivity index (χ2v) is 30.1. The minimum atomic E-state index is -4.62. The van der Waals surface area contributed by atoms with Crippen molar-refractivity contribution in [1.82, 2.24) is 60.5 Å². The molecule has 0 unspecified atom stereocenters. The molecule has 35 heteroatoms. The van der Waals surface area contributed by atoms with Gasteiger partial charge >= 0.3 is 12.4 Å². The average molecular weight is 1540 g/mol. The summed E-state index contributed by atoms with van der Waals surface area (Å²) in [6, 6.07) is 36.9. The van der Waals surface area contributed by atoms with Gasteiger partial charge in [-0.1, -0.05) is 12.1 Å². The van der Waals surface area contributed by atoms with Gasteiger partial charge in [-0.25, -0.2) is 34.3 Å². The van der Waals surface area contributed by atoms with Crippen molar-refractivity contribution in [2.45, 2.75) is 126 Å². The van der Waals surface area contributed by atoms with Gasteiger partial charge in [0.05, 0.1) is 37.3 Å². The molecule has 4 aliphatic heterocycles. The molecule has 6 fully saturated rings. The number of aliphatic hydroxyl groups is 1. The second kappa shape index (κ2) is 30.8. The Balaban J connectivity index is 0.000000230. The van der Waals surface area contributed by atoms with Crippen molar-refractivity contribution in [3.63, 3.8) is 0 Å². The van der Waals surface area contributed by atoms with Crippen molar-refractivity contribution in [2.75, 3.05) is 92.0 Å². The molecule has 10 heterocycles. The summed E-state index contributed by atoms with van der Waals surface area (Å²) in [5.41, 5.74) is 1.13. The third kappa shape index (κ3) is 18.8. The summed E-state index contributed by atoms with van der Waals surface area (Å²) >= 11 is 4.04. The van der Waals surface area contributed by atoms with Crippen LogP contribution in [0.3, 0.4) is 0 Å². The fraction of sp³-hybridized carbons (Fsp3) is 0.333. The Hall–Kier alpha value is -10.5. The lowest BCUT2D eigenvalue weighted by Crippen LogP contribution is -2.63. The van der Waals surface area contributed by atoms with E-state index in [1.807, 2.05) is 85.2 Å². The molecule has 6 aliphatic rings. The molecule has 3 amide bonds. The number of anilines is 12. The molecular formula is C72H86F7N21O4S3. The van der Waals surface area contributed by atoms with Crippen LogP contribution in [0.1, 0.15) is 94.4 Å². The maximum atomic E-state index is 14.9. The molecule has 9 N–H and O–H groups in total. The van der Waals surface area contributed by atoms with E-state index >= 15 is 0 Å². The average Bonchev–Trinajstić information content (AvgIpc) is 1.54. The Morgan fingerprint density at radius 3 is 1.38 bits per heavy atom. The monoisotopic (exact) mass is 1540 g/mol. The molecule has 0 bridgehead atoms. The third-order valence-corrected chi connectivity index (χ3v) is 20.8. The van der Waals surface area contributed by atoms with E-state index in [1.165, 1.54) is 59.6 Å². The van der Waals surface area contributed by atoms with Gasteiger partial charge in [0.1, 0.15) is 52.6 Å². The molecule has 10 aromatic rings. The van der Waals surface area contributed by atoms with E-state index in [-0.39, 0.29) is 40.6 Å². The molecule has 570 valence electrons. The molecule has 107 heavy (non-hydrogen) atoms. The number of alkyl halides is 7. The quantitative estimate of drug-likeness (QED) is 0.0225. The molecule has 4 aromatic carbocycles. The molecule has 0 atom stereocenters. The van der Waals surface area contributed by atoms with E-state index in [0.29, 0.717) is 92.2 Å². The van der Waals surface area contributed by atoms with Gasteiger partial charge in [0.2, 0.25) is 11.8 Å². The van der Waals surface area contributed by atoms with E-state index in [2.05, 4.69) is 86.9 Å². The molecule has 0 spiro atoms. The number of nitrogens with zero attached hydrogens (tertiary/aromatic N) is 13. The van der Waals surface area contributed by atoms with Crippen LogP contribution < -0.4 is 46.2 Å². The first kappa shape index (κ1) is 73.4. The van der Waals surface area contributed by atoms with Crippen LogP contribution in [0.15, 0.2) is 164 Å². The van der Waals surface area contributed by atoms with E-state index in [9.17, 15) is 50.2 Å². The van der Waals surface area contributed by atoms with Crippen molar-refractivity contribution in [3.05, 3.63) is 162 Å². The van der Waals surface area contributed by atoms with Crippen LogP contribution in [0.5, 0.6) is 0 Å². The lowest BCUT2D eigenvalue weighted by molar-refractivity contribution is -0.150. The highest BCUT2D eigenvalue weighted by Crippen LogP contribution is 2.49. The summed E-state index contributed by atoms with van der Waals surface area (Å²) in [4.78, 5) is 74.5. The third-order valence-electron chi connectivity index (χ3n) is 18.2. The van der Waals surface area contributed by atoms with Gasteiger partial charge in [-0.15, -0.1) is 0 Å². The van der Waals surface area contributed by atoms with Crippen LogP contribution >= 0.6 is 35.3 Å². The topological polar surface area (TPSA) is 308 Å². The number of nitrogens with one attached hydrogen (secondary N) is 8. The predicted molar refractivity (Wildman–Crippen MR) is 408 cm³/mol. The van der Waals surface area contributed by atoms with Crippen molar-refractivity contribution >= 4 is 122 Å². The smallest absolute Gasteiger partial charge is 0.386 e. The SMILES string of the molecule is Cc1cc(Nc2cc(N3CC(F)(C4CC4)C3)nc(Sc3ccc(NC(=O)CC(F)(F)F)cc3)n2)n[nH]1.Cc1cc(Nc2cc(N3CC(O)(C4CC4)C3)nc(Sc3ccc(N4CCCC4=O)cc3)n2)n[nH]1.Cc1cc(Nc2cc(N3CCC3)nc(Sc3ccc(NC(=O)c4ccccc4C(F)(F)F)cc3)n2)n[nH]1.[HH].[HH].[HH].[HH].[HH].[HH].[HH]. The van der Waals surface area contributed by atoms with Gasteiger partial charge in [-0.05, 0) is 191 Å². The first-order valence-corrected chi connectivity index (χ1v) is 36.9. The number of β-amino-alcohol motifs (C(OH)–C–C–N with tert-alkyl or cyclic N) is 1. The number of carbonyl (C=O) groups is 3. The summed E-state index contributed by atoms with van der Waals surface area (Å²) < 4.78 is 91.8. The van der Waals surface area contributed by atoms with Crippen LogP contribution in [-0.2, 0) is 15.8 Å². The highest BCUT2D eigenvalue weighted by Gasteiger charge is 2.55. The molecule has 6 aromatic heterocycles. The van der Waals surface area contributed by atoms with Gasteiger partial charge in [0.25, 0.3) is 5.91 Å². The molecule has 2 aliphatic carbocycles. The molecular weight excluding hydrogens is 1450 g/mol. The highest BCUT2D eigenvalue weighted by molar-refractivity contribution is 7.99. The predicted octanol–water partition coefficient (Wildman–Crippen LogP) is 16.3. The molecule has 25 nitrogen and oxygen atoms in total. The van der Waals surface area contributed by atoms with E-state index in [0.717, 1.165) is 114 Å². The normalized spacial score (nSPS) is 16.5. The van der Waals surface area contributed by atoms with Crippen molar-refractivity contribution in [3.8, 4) is 0 Å². The lowest BCUT2D eigenvalue weighted by atomic mass is 9.89. The fourth-order valence-electron chi connectivity index (χ4n) is 12.4. The number of benzene rings is 4. The minimum absolute atomic E-state index is 0. The number of halogens is 7. The second-order valence-electron chi connectivity index (χ2n) is 26.9. The Morgan fingerprint density at radius 1 is 0.542 bits per heavy atom. The number of aromatic amines is 3.